The van der Waals surface area contributed by atoms with E-state index in [0.29, 0.717) is 0 Å². The molecule has 0 saturated heterocycles. The van der Waals surface area contributed by atoms with Crippen LogP contribution in [0.5, 0.6) is 0 Å². The third kappa shape index (κ3) is 1.62. The summed E-state index contributed by atoms with van der Waals surface area (Å²) in [6, 6.07) is 12.1. The number of aromatic nitrogens is 4. The number of aliphatic imine (C=N–C) groups is 1. The zero-order valence-electron chi connectivity index (χ0n) is 10.2. The molecule has 3 heterocycles. The van der Waals surface area contributed by atoms with Crippen LogP contribution in [-0.4, -0.2) is 32.5 Å². The molecule has 92 valence electrons. The van der Waals surface area contributed by atoms with Crippen LogP contribution in [0.2, 0.25) is 0 Å². The standard InChI is InChI=1S/C14H11N5/c1-2-4-11-10(3-1)5-6-12(16-11)14-18-17-13-9-15-7-8-19(13)14/h1-6,9H,7-8H2. The van der Waals surface area contributed by atoms with Gasteiger partial charge in [0.05, 0.1) is 18.3 Å². The molecule has 0 spiro atoms. The number of benzene rings is 1. The monoisotopic (exact) mass is 249 g/mol. The molecule has 0 saturated carbocycles. The number of hydrogen-bond donors (Lipinski definition) is 0. The van der Waals surface area contributed by atoms with Crippen molar-refractivity contribution in [1.82, 2.24) is 19.7 Å². The van der Waals surface area contributed by atoms with Crippen LogP contribution >= 0.6 is 0 Å². The number of fused-ring (bicyclic) bond motifs is 2. The Balaban J connectivity index is 1.90. The van der Waals surface area contributed by atoms with Gasteiger partial charge in [-0.25, -0.2) is 4.98 Å². The first-order valence-electron chi connectivity index (χ1n) is 6.21. The minimum absolute atomic E-state index is 0.769. The second-order valence-corrected chi connectivity index (χ2v) is 4.46. The van der Waals surface area contributed by atoms with Crippen LogP contribution in [-0.2, 0) is 6.54 Å². The summed E-state index contributed by atoms with van der Waals surface area (Å²) in [5.41, 5.74) is 1.83. The van der Waals surface area contributed by atoms with Gasteiger partial charge in [0.2, 0.25) is 0 Å². The minimum atomic E-state index is 0.769. The summed E-state index contributed by atoms with van der Waals surface area (Å²) >= 11 is 0. The highest BCUT2D eigenvalue weighted by Gasteiger charge is 2.15. The molecule has 0 amide bonds. The molecule has 0 atom stereocenters. The van der Waals surface area contributed by atoms with Crippen molar-refractivity contribution in [3.63, 3.8) is 0 Å². The van der Waals surface area contributed by atoms with Crippen molar-refractivity contribution in [2.24, 2.45) is 4.99 Å². The van der Waals surface area contributed by atoms with Gasteiger partial charge in [-0.15, -0.1) is 10.2 Å². The van der Waals surface area contributed by atoms with Crippen molar-refractivity contribution >= 4 is 17.1 Å². The largest absolute Gasteiger partial charge is 0.303 e. The first kappa shape index (κ1) is 10.4. The van der Waals surface area contributed by atoms with Crippen molar-refractivity contribution in [3.05, 3.63) is 42.2 Å². The van der Waals surface area contributed by atoms with E-state index in [1.165, 1.54) is 0 Å². The lowest BCUT2D eigenvalue weighted by atomic mass is 10.2. The topological polar surface area (TPSA) is 56.0 Å². The highest BCUT2D eigenvalue weighted by molar-refractivity contribution is 5.81. The Kier molecular flexibility index (Phi) is 2.17. The van der Waals surface area contributed by atoms with Crippen LogP contribution in [0, 0.1) is 0 Å². The van der Waals surface area contributed by atoms with Gasteiger partial charge < -0.3 is 4.57 Å². The average Bonchev–Trinajstić information content (AvgIpc) is 2.91. The molecule has 5 nitrogen and oxygen atoms in total. The molecule has 5 heteroatoms. The van der Waals surface area contributed by atoms with Gasteiger partial charge in [-0.2, -0.15) is 0 Å². The molecule has 0 aliphatic carbocycles. The van der Waals surface area contributed by atoms with Gasteiger partial charge in [0.15, 0.2) is 11.6 Å². The lowest BCUT2D eigenvalue weighted by molar-refractivity contribution is 0.691. The van der Waals surface area contributed by atoms with E-state index < -0.39 is 0 Å². The Hall–Kier alpha value is -2.56. The normalized spacial score (nSPS) is 13.7. The lowest BCUT2D eigenvalue weighted by Gasteiger charge is -2.10. The maximum absolute atomic E-state index is 4.66. The maximum atomic E-state index is 4.66. The summed E-state index contributed by atoms with van der Waals surface area (Å²) < 4.78 is 2.06. The minimum Gasteiger partial charge on any atom is -0.303 e. The van der Waals surface area contributed by atoms with Crippen molar-refractivity contribution in [3.8, 4) is 11.5 Å². The summed E-state index contributed by atoms with van der Waals surface area (Å²) in [4.78, 5) is 8.86. The maximum Gasteiger partial charge on any atom is 0.183 e. The highest BCUT2D eigenvalue weighted by atomic mass is 15.3. The molecule has 1 aliphatic rings. The molecule has 0 N–H and O–H groups in total. The highest BCUT2D eigenvalue weighted by Crippen LogP contribution is 2.20. The van der Waals surface area contributed by atoms with Crippen LogP contribution < -0.4 is 0 Å². The van der Waals surface area contributed by atoms with Gasteiger partial charge in [0.25, 0.3) is 0 Å². The van der Waals surface area contributed by atoms with Crippen LogP contribution in [0.25, 0.3) is 22.4 Å². The average molecular weight is 249 g/mol. The Morgan fingerprint density at radius 2 is 1.95 bits per heavy atom. The summed E-state index contributed by atoms with van der Waals surface area (Å²) in [7, 11) is 0. The van der Waals surface area contributed by atoms with Crippen molar-refractivity contribution in [2.45, 2.75) is 6.54 Å². The molecule has 0 bridgehead atoms. The molecular weight excluding hydrogens is 238 g/mol. The Morgan fingerprint density at radius 3 is 2.95 bits per heavy atom. The third-order valence-corrected chi connectivity index (χ3v) is 3.27. The van der Waals surface area contributed by atoms with E-state index in [-0.39, 0.29) is 0 Å². The molecule has 4 rings (SSSR count). The molecule has 1 aromatic carbocycles. The number of pyridine rings is 1. The van der Waals surface area contributed by atoms with E-state index in [0.717, 1.165) is 41.3 Å². The summed E-state index contributed by atoms with van der Waals surface area (Å²) in [5.74, 6) is 1.61. The number of para-hydroxylation sites is 1. The fourth-order valence-corrected chi connectivity index (χ4v) is 2.32. The van der Waals surface area contributed by atoms with Crippen LogP contribution in [0.1, 0.15) is 5.82 Å². The van der Waals surface area contributed by atoms with E-state index in [4.69, 9.17) is 0 Å². The zero-order chi connectivity index (χ0) is 12.7. The predicted octanol–water partition coefficient (Wildman–Crippen LogP) is 1.93. The SMILES string of the molecule is C1=NCCn2c1nnc2-c1ccc2ccccc2n1. The quantitative estimate of drug-likeness (QED) is 0.662. The van der Waals surface area contributed by atoms with Crippen molar-refractivity contribution in [2.75, 3.05) is 6.54 Å². The van der Waals surface area contributed by atoms with Gasteiger partial charge in [-0.05, 0) is 12.1 Å². The molecule has 0 unspecified atom stereocenters. The second kappa shape index (κ2) is 3.98. The van der Waals surface area contributed by atoms with Crippen LogP contribution in [0.3, 0.4) is 0 Å². The number of rotatable bonds is 1. The molecule has 1 aliphatic heterocycles. The molecule has 2 aromatic heterocycles. The first-order valence-corrected chi connectivity index (χ1v) is 6.21. The van der Waals surface area contributed by atoms with E-state index >= 15 is 0 Å². The van der Waals surface area contributed by atoms with Crippen molar-refractivity contribution < 1.29 is 0 Å². The number of hydrogen-bond acceptors (Lipinski definition) is 4. The van der Waals surface area contributed by atoms with E-state index in [1.807, 2.05) is 24.3 Å². The number of nitrogens with zero attached hydrogens (tertiary/aromatic N) is 5. The van der Waals surface area contributed by atoms with Crippen molar-refractivity contribution in [1.29, 1.82) is 0 Å². The van der Waals surface area contributed by atoms with Gasteiger partial charge in [-0.1, -0.05) is 24.3 Å². The van der Waals surface area contributed by atoms with Crippen LogP contribution in [0.4, 0.5) is 0 Å². The fraction of sp³-hybridized carbons (Fsp3) is 0.143. The van der Waals surface area contributed by atoms with Gasteiger partial charge >= 0.3 is 0 Å². The summed E-state index contributed by atoms with van der Waals surface area (Å²) in [6.07, 6.45) is 1.76. The predicted molar refractivity (Wildman–Crippen MR) is 73.2 cm³/mol. The summed E-state index contributed by atoms with van der Waals surface area (Å²) in [5, 5.41) is 9.50. The molecular formula is C14H11N5. The van der Waals surface area contributed by atoms with Gasteiger partial charge in [0.1, 0.15) is 5.69 Å². The molecule has 3 aromatic rings. The molecule has 0 radical (unpaired) electrons. The van der Waals surface area contributed by atoms with Gasteiger partial charge in [0, 0.05) is 11.9 Å². The second-order valence-electron chi connectivity index (χ2n) is 4.46. The first-order chi connectivity index (χ1) is 9.42. The third-order valence-electron chi connectivity index (χ3n) is 3.27. The Bertz CT molecular complexity index is 787. The zero-order valence-corrected chi connectivity index (χ0v) is 10.2. The van der Waals surface area contributed by atoms with E-state index in [9.17, 15) is 0 Å². The molecule has 19 heavy (non-hydrogen) atoms. The lowest BCUT2D eigenvalue weighted by Crippen LogP contribution is -2.12. The Labute approximate surface area is 109 Å². The fourth-order valence-electron chi connectivity index (χ4n) is 2.32. The smallest absolute Gasteiger partial charge is 0.183 e. The molecule has 0 fully saturated rings. The summed E-state index contributed by atoms with van der Waals surface area (Å²) in [6.45, 7) is 1.58. The van der Waals surface area contributed by atoms with Crippen LogP contribution in [0.15, 0.2) is 41.4 Å². The Morgan fingerprint density at radius 1 is 1.00 bits per heavy atom. The van der Waals surface area contributed by atoms with E-state index in [2.05, 4.69) is 36.9 Å². The van der Waals surface area contributed by atoms with E-state index in [1.54, 1.807) is 6.21 Å². The van der Waals surface area contributed by atoms with Gasteiger partial charge in [-0.3, -0.25) is 4.99 Å².